The Bertz CT molecular complexity index is 6710. The van der Waals surface area contributed by atoms with Crippen molar-refractivity contribution in [3.8, 4) is 6.07 Å². The molecule has 7 heterocycles. The number of aromatic nitrogens is 10. The Balaban J connectivity index is 0.000000140. The van der Waals surface area contributed by atoms with E-state index in [4.69, 9.17) is 0 Å². The van der Waals surface area contributed by atoms with E-state index in [2.05, 4.69) is 32.0 Å². The van der Waals surface area contributed by atoms with Gasteiger partial charge in [-0.1, -0.05) is 152 Å². The van der Waals surface area contributed by atoms with Gasteiger partial charge in [-0.15, -0.1) is 0 Å². The molecule has 0 atom stereocenters. The fourth-order valence-corrected chi connectivity index (χ4v) is 16.8. The number of hydrogen-bond donors (Lipinski definition) is 3. The van der Waals surface area contributed by atoms with Crippen molar-refractivity contribution in [3.05, 3.63) is 370 Å². The smallest absolute Gasteiger partial charge is 0.332 e. The second-order valence-corrected chi connectivity index (χ2v) is 31.1. The third-order valence-electron chi connectivity index (χ3n) is 23.2. The van der Waals surface area contributed by atoms with Gasteiger partial charge in [-0.25, -0.2) is 24.4 Å². The molecule has 3 aliphatic carbocycles. The number of carbonyl (C=O) groups excluding carboxylic acids is 3. The van der Waals surface area contributed by atoms with Gasteiger partial charge in [0.15, 0.2) is 0 Å². The zero-order valence-corrected chi connectivity index (χ0v) is 66.0. The average molecular weight is 1590 g/mol. The van der Waals surface area contributed by atoms with Gasteiger partial charge in [0.2, 0.25) is 11.8 Å². The molecule has 17 rings (SSSR count). The van der Waals surface area contributed by atoms with E-state index in [1.807, 2.05) is 97.9 Å². The highest BCUT2D eigenvalue weighted by atomic mass is 16.2. The summed E-state index contributed by atoms with van der Waals surface area (Å²) in [6.07, 6.45) is 11.9. The van der Waals surface area contributed by atoms with Crippen molar-refractivity contribution < 1.29 is 14.4 Å². The molecule has 0 saturated heterocycles. The van der Waals surface area contributed by atoms with Crippen LogP contribution in [0.15, 0.2) is 275 Å². The lowest BCUT2D eigenvalue weighted by Gasteiger charge is -2.28. The molecule has 3 saturated carbocycles. The number of pyridine rings is 2. The number of nitrogens with one attached hydrogen (secondary N) is 3. The number of benzene rings is 7. The molecule has 25 heteroatoms. The topological polar surface area (TPSA) is 312 Å². The summed E-state index contributed by atoms with van der Waals surface area (Å²) in [7, 11) is 0. The standard InChI is InChI=1S/C33H33N5O4.C31H30N4O3.C30H27N5O4/c1-22-8-7-13-29-35-26(18-30(39)38(22)29)21-36-28-12-6-5-11-27(28)32(41)37(33(36)42)20-24-14-16-25(17-15-24)31(40)34-19-23-9-3-2-4-10-23;32-18-25-10-4-5-11-26(25)21-34-28-13-7-6-12-27(28)30(37)35(31(34)38)20-23-14-16-24(17-15-23)29(36)33-19-22-8-2-1-3-9-22;36-27-17-23(31-26-11-5-6-16-33(26)27)19-34-25-10-4-3-9-24(25)29(38)35(30(34)39)18-20-12-14-21(15-13-20)28(37)32-22-7-1-2-8-22/h2-13,18,24-25H,14-17,19-21H2,1H3,(H,34,40);1-13,23-24H,14-17,19-21H2,(H,33,36);3-6,9-17,22H,1-2,7-8,18-19H2,(H,32,37). The highest BCUT2D eigenvalue weighted by Gasteiger charge is 2.31. The van der Waals surface area contributed by atoms with Crippen molar-refractivity contribution in [1.29, 1.82) is 5.26 Å². The van der Waals surface area contributed by atoms with Crippen molar-refractivity contribution in [2.45, 2.75) is 142 Å². The molecule has 3 fully saturated rings. The number of carbonyl (C=O) groups is 3. The van der Waals surface area contributed by atoms with Crippen LogP contribution in [0.5, 0.6) is 0 Å². The number of amides is 3. The second-order valence-electron chi connectivity index (χ2n) is 31.1. The predicted octanol–water partition coefficient (Wildman–Crippen LogP) is 10.8. The number of rotatable bonds is 20. The van der Waals surface area contributed by atoms with Gasteiger partial charge in [0, 0.05) is 73.6 Å². The Morgan fingerprint density at radius 3 is 1.39 bits per heavy atom. The summed E-state index contributed by atoms with van der Waals surface area (Å²) in [5, 5.41) is 20.0. The lowest BCUT2D eigenvalue weighted by atomic mass is 9.81. The Morgan fingerprint density at radius 1 is 0.420 bits per heavy atom. The first-order valence-electron chi connectivity index (χ1n) is 40.6. The Morgan fingerprint density at radius 2 is 0.866 bits per heavy atom. The minimum atomic E-state index is -0.503. The van der Waals surface area contributed by atoms with Crippen molar-refractivity contribution in [2.24, 2.45) is 23.7 Å². The first-order chi connectivity index (χ1) is 57.9. The van der Waals surface area contributed by atoms with Gasteiger partial charge in [0.1, 0.15) is 11.3 Å². The van der Waals surface area contributed by atoms with Gasteiger partial charge in [-0.05, 0) is 184 Å². The minimum Gasteiger partial charge on any atom is -0.352 e. The molecule has 3 amide bonds. The first kappa shape index (κ1) is 80.2. The monoisotopic (exact) mass is 1590 g/mol. The summed E-state index contributed by atoms with van der Waals surface area (Å²) in [6, 6.07) is 70.9. The fourth-order valence-electron chi connectivity index (χ4n) is 16.8. The van der Waals surface area contributed by atoms with E-state index in [9.17, 15) is 58.0 Å². The molecular formula is C94H90N14O11. The van der Waals surface area contributed by atoms with Crippen molar-refractivity contribution >= 4 is 61.7 Å². The van der Waals surface area contributed by atoms with Crippen molar-refractivity contribution in [1.82, 2.24) is 62.1 Å². The molecule has 7 aromatic carbocycles. The van der Waals surface area contributed by atoms with Gasteiger partial charge in [0.25, 0.3) is 33.7 Å². The molecule has 0 spiro atoms. The quantitative estimate of drug-likeness (QED) is 0.0639. The fraction of sp³-hybridized carbons (Fsp3) is 0.277. The number of nitrogens with zero attached hydrogens (tertiary/aromatic N) is 11. The number of aryl methyl sites for hydroxylation is 1. The molecular weight excluding hydrogens is 1500 g/mol. The highest BCUT2D eigenvalue weighted by Crippen LogP contribution is 2.32. The average Bonchev–Trinajstić information content (AvgIpc) is 1.17. The van der Waals surface area contributed by atoms with Crippen LogP contribution < -0.4 is 60.8 Å². The molecule has 119 heavy (non-hydrogen) atoms. The van der Waals surface area contributed by atoms with E-state index in [-0.39, 0.29) is 108 Å². The summed E-state index contributed by atoms with van der Waals surface area (Å²) < 4.78 is 11.4. The molecule has 3 N–H and O–H groups in total. The lowest BCUT2D eigenvalue weighted by Crippen LogP contribution is -2.42. The maximum absolute atomic E-state index is 13.8. The summed E-state index contributed by atoms with van der Waals surface area (Å²) in [5.41, 5.74) is 6.00. The maximum Gasteiger partial charge on any atom is 0.332 e. The zero-order valence-electron chi connectivity index (χ0n) is 66.0. The largest absolute Gasteiger partial charge is 0.352 e. The van der Waals surface area contributed by atoms with Crippen LogP contribution in [0.25, 0.3) is 44.0 Å². The molecule has 14 aromatic rings. The Kier molecular flexibility index (Phi) is 24.5. The summed E-state index contributed by atoms with van der Waals surface area (Å²) in [6.45, 7) is 3.81. The zero-order chi connectivity index (χ0) is 82.6. The van der Waals surface area contributed by atoms with Gasteiger partial charge < -0.3 is 16.0 Å². The molecule has 0 unspecified atom stereocenters. The van der Waals surface area contributed by atoms with Crippen molar-refractivity contribution in [3.63, 3.8) is 0 Å². The van der Waals surface area contributed by atoms with Gasteiger partial charge in [-0.2, -0.15) is 5.26 Å². The van der Waals surface area contributed by atoms with E-state index in [0.717, 1.165) is 92.2 Å². The SMILES string of the molecule is Cc1cccc2nc(Cn3c(=O)n(CC4CCC(C(=O)NCc5ccccc5)CC4)c(=O)c4ccccc43)cc(=O)n12.N#Cc1ccccc1Cn1c(=O)n(CC2CCC(C(=O)NCc3ccccc3)CC2)c(=O)c2ccccc21.O=C(NC1CCCC1)c1ccc(Cn2c(=O)c3ccccc3n(Cc3cc(=O)n4ccccc4n3)c2=O)cc1. The van der Waals surface area contributed by atoms with Crippen LogP contribution in [0.2, 0.25) is 0 Å². The summed E-state index contributed by atoms with van der Waals surface area (Å²) in [4.78, 5) is 154. The van der Waals surface area contributed by atoms with Crippen molar-refractivity contribution in [2.75, 3.05) is 0 Å². The van der Waals surface area contributed by atoms with Crippen LogP contribution in [-0.4, -0.2) is 69.9 Å². The molecule has 0 bridgehead atoms. The molecule has 7 aromatic heterocycles. The van der Waals surface area contributed by atoms with Gasteiger partial charge in [0.05, 0.1) is 81.9 Å². The van der Waals surface area contributed by atoms with Crippen LogP contribution >= 0.6 is 0 Å². The number of para-hydroxylation sites is 3. The van der Waals surface area contributed by atoms with E-state index >= 15 is 0 Å². The van der Waals surface area contributed by atoms with E-state index in [1.54, 1.807) is 138 Å². The van der Waals surface area contributed by atoms with Crippen LogP contribution in [0.1, 0.15) is 132 Å². The third-order valence-corrected chi connectivity index (χ3v) is 23.2. The minimum absolute atomic E-state index is 0.0283. The molecule has 602 valence electrons. The molecule has 25 nitrogen and oxygen atoms in total. The first-order valence-corrected chi connectivity index (χ1v) is 40.6. The van der Waals surface area contributed by atoms with E-state index in [0.29, 0.717) is 99.0 Å². The molecule has 0 aliphatic heterocycles. The second kappa shape index (κ2) is 36.4. The number of hydrogen-bond acceptors (Lipinski definition) is 14. The van der Waals surface area contributed by atoms with Crippen LogP contribution in [0.3, 0.4) is 0 Å². The van der Waals surface area contributed by atoms with E-state index < -0.39 is 16.9 Å². The van der Waals surface area contributed by atoms with Gasteiger partial charge >= 0.3 is 17.1 Å². The number of nitriles is 1. The van der Waals surface area contributed by atoms with E-state index in [1.165, 1.54) is 43.8 Å². The summed E-state index contributed by atoms with van der Waals surface area (Å²) >= 11 is 0. The normalized spacial score (nSPS) is 16.0. The third kappa shape index (κ3) is 18.2. The molecule has 0 radical (unpaired) electrons. The Hall–Kier alpha value is -14.0. The summed E-state index contributed by atoms with van der Waals surface area (Å²) in [5.74, 6) is 0.121. The van der Waals surface area contributed by atoms with Gasteiger partial charge in [-0.3, -0.25) is 74.6 Å². The molecule has 3 aliphatic rings. The van der Waals surface area contributed by atoms with Crippen LogP contribution in [0, 0.1) is 41.9 Å². The highest BCUT2D eigenvalue weighted by molar-refractivity contribution is 5.94. The van der Waals surface area contributed by atoms with Crippen LogP contribution in [-0.2, 0) is 61.9 Å². The lowest BCUT2D eigenvalue weighted by molar-refractivity contribution is -0.127. The number of fused-ring (bicyclic) bond motifs is 5. The Labute approximate surface area is 682 Å². The maximum atomic E-state index is 13.8. The predicted molar refractivity (Wildman–Crippen MR) is 456 cm³/mol. The van der Waals surface area contributed by atoms with Crippen LogP contribution in [0.4, 0.5) is 0 Å².